The van der Waals surface area contributed by atoms with E-state index in [2.05, 4.69) is 20.1 Å². The first-order valence-corrected chi connectivity index (χ1v) is 8.70. The van der Waals surface area contributed by atoms with Gasteiger partial charge in [-0.1, -0.05) is 11.6 Å². The first-order chi connectivity index (χ1) is 10.1. The Labute approximate surface area is 141 Å². The predicted molar refractivity (Wildman–Crippen MR) is 81.6 cm³/mol. The predicted octanol–water partition coefficient (Wildman–Crippen LogP) is 3.04. The molecule has 0 aliphatic rings. The van der Waals surface area contributed by atoms with E-state index in [4.69, 9.17) is 16.7 Å². The fraction of sp³-hybridized carbons (Fsp3) is 0. The fourth-order valence-corrected chi connectivity index (χ4v) is 4.58. The SMILES string of the molecule is O=C(O)c1cc(O)c(O)c(OS(=O)(=O)c2cc(Br)c(Cl)s2)c1. The van der Waals surface area contributed by atoms with Gasteiger partial charge < -0.3 is 19.5 Å². The van der Waals surface area contributed by atoms with E-state index in [0.717, 1.165) is 12.1 Å². The maximum Gasteiger partial charge on any atom is 0.349 e. The third-order valence-electron chi connectivity index (χ3n) is 2.37. The Bertz CT molecular complexity index is 840. The minimum absolute atomic E-state index is 0.175. The fourth-order valence-electron chi connectivity index (χ4n) is 1.39. The van der Waals surface area contributed by atoms with Gasteiger partial charge in [-0.15, -0.1) is 11.3 Å². The summed E-state index contributed by atoms with van der Waals surface area (Å²) in [6.45, 7) is 0. The van der Waals surface area contributed by atoms with Crippen LogP contribution in [0.3, 0.4) is 0 Å². The highest BCUT2D eigenvalue weighted by Gasteiger charge is 2.25. The van der Waals surface area contributed by atoms with Crippen LogP contribution in [0.25, 0.3) is 0 Å². The van der Waals surface area contributed by atoms with Crippen molar-refractivity contribution in [2.24, 2.45) is 0 Å². The number of carboxylic acid groups (broad SMARTS) is 1. The number of carbonyl (C=O) groups is 1. The molecule has 0 aliphatic carbocycles. The summed E-state index contributed by atoms with van der Waals surface area (Å²) in [5, 5.41) is 27.9. The van der Waals surface area contributed by atoms with Crippen LogP contribution in [0, 0.1) is 0 Å². The summed E-state index contributed by atoms with van der Waals surface area (Å²) in [6.07, 6.45) is 0. The zero-order valence-electron chi connectivity index (χ0n) is 10.3. The lowest BCUT2D eigenvalue weighted by Crippen LogP contribution is -2.09. The standard InChI is InChI=1S/C11H6BrClO7S2/c12-5-3-8(21-10(5)13)22(18,19)20-7-2-4(11(16)17)1-6(14)9(7)15/h1-3,14-15H,(H,16,17). The number of thiophene rings is 1. The monoisotopic (exact) mass is 428 g/mol. The second-order valence-corrected chi connectivity index (χ2v) is 8.15. The molecule has 0 amide bonds. The van der Waals surface area contributed by atoms with Gasteiger partial charge in [0.25, 0.3) is 0 Å². The van der Waals surface area contributed by atoms with Gasteiger partial charge >= 0.3 is 16.1 Å². The molecule has 0 unspecified atom stereocenters. The van der Waals surface area contributed by atoms with E-state index in [1.807, 2.05) is 0 Å². The van der Waals surface area contributed by atoms with Gasteiger partial charge in [-0.25, -0.2) is 4.79 Å². The summed E-state index contributed by atoms with van der Waals surface area (Å²) in [5.74, 6) is -3.86. The van der Waals surface area contributed by atoms with Gasteiger partial charge in [-0.2, -0.15) is 8.42 Å². The Kier molecular flexibility index (Phi) is 4.57. The molecule has 0 aliphatic heterocycles. The van der Waals surface area contributed by atoms with E-state index in [1.165, 1.54) is 6.07 Å². The third kappa shape index (κ3) is 3.29. The zero-order chi connectivity index (χ0) is 16.7. The highest BCUT2D eigenvalue weighted by Crippen LogP contribution is 2.40. The molecule has 11 heteroatoms. The first kappa shape index (κ1) is 16.9. The van der Waals surface area contributed by atoms with Crippen molar-refractivity contribution >= 4 is 55.0 Å². The average Bonchev–Trinajstić information content (AvgIpc) is 2.75. The number of phenolic OH excluding ortho intramolecular Hbond substituents is 2. The van der Waals surface area contributed by atoms with Crippen molar-refractivity contribution in [1.82, 2.24) is 0 Å². The molecule has 3 N–H and O–H groups in total. The van der Waals surface area contributed by atoms with Crippen LogP contribution in [-0.4, -0.2) is 29.7 Å². The number of hydrogen-bond acceptors (Lipinski definition) is 7. The number of aromatic carboxylic acids is 1. The minimum atomic E-state index is -4.36. The largest absolute Gasteiger partial charge is 0.504 e. The summed E-state index contributed by atoms with van der Waals surface area (Å²) in [7, 11) is -4.36. The molecule has 1 heterocycles. The summed E-state index contributed by atoms with van der Waals surface area (Å²) in [6, 6.07) is 2.73. The molecule has 0 atom stereocenters. The molecule has 0 saturated carbocycles. The topological polar surface area (TPSA) is 121 Å². The molecule has 0 saturated heterocycles. The van der Waals surface area contributed by atoms with Crippen molar-refractivity contribution in [1.29, 1.82) is 0 Å². The van der Waals surface area contributed by atoms with Crippen molar-refractivity contribution in [3.8, 4) is 17.2 Å². The van der Waals surface area contributed by atoms with Gasteiger partial charge in [-0.05, 0) is 28.1 Å². The quantitative estimate of drug-likeness (QED) is 0.504. The van der Waals surface area contributed by atoms with Crippen molar-refractivity contribution in [3.63, 3.8) is 0 Å². The van der Waals surface area contributed by atoms with Crippen LogP contribution in [0.1, 0.15) is 10.4 Å². The van der Waals surface area contributed by atoms with Crippen molar-refractivity contribution in [2.75, 3.05) is 0 Å². The second kappa shape index (κ2) is 5.95. The molecule has 1 aromatic heterocycles. The lowest BCUT2D eigenvalue weighted by molar-refractivity contribution is 0.0696. The first-order valence-electron chi connectivity index (χ1n) is 5.30. The zero-order valence-corrected chi connectivity index (χ0v) is 14.3. The van der Waals surface area contributed by atoms with Crippen LogP contribution in [0.2, 0.25) is 4.34 Å². The highest BCUT2D eigenvalue weighted by molar-refractivity contribution is 9.10. The summed E-state index contributed by atoms with van der Waals surface area (Å²) >= 11 is 9.49. The number of phenols is 2. The van der Waals surface area contributed by atoms with Crippen molar-refractivity contribution in [3.05, 3.63) is 32.6 Å². The van der Waals surface area contributed by atoms with Gasteiger partial charge in [0.05, 0.1) is 5.56 Å². The second-order valence-electron chi connectivity index (χ2n) is 3.87. The molecule has 118 valence electrons. The van der Waals surface area contributed by atoms with E-state index >= 15 is 0 Å². The smallest absolute Gasteiger partial charge is 0.349 e. The summed E-state index contributed by atoms with van der Waals surface area (Å²) < 4.78 is 29.1. The number of carboxylic acids is 1. The van der Waals surface area contributed by atoms with E-state index < -0.39 is 38.9 Å². The number of benzene rings is 1. The van der Waals surface area contributed by atoms with E-state index in [1.54, 1.807) is 0 Å². The van der Waals surface area contributed by atoms with Gasteiger partial charge in [0.1, 0.15) is 4.34 Å². The van der Waals surface area contributed by atoms with Crippen LogP contribution in [0.4, 0.5) is 0 Å². The Morgan fingerprint density at radius 2 is 1.91 bits per heavy atom. The maximum atomic E-state index is 12.1. The lowest BCUT2D eigenvalue weighted by Gasteiger charge is -2.09. The maximum absolute atomic E-state index is 12.1. The molecular weight excluding hydrogens is 424 g/mol. The Balaban J connectivity index is 2.47. The van der Waals surface area contributed by atoms with Crippen LogP contribution >= 0.6 is 38.9 Å². The van der Waals surface area contributed by atoms with Crippen molar-refractivity contribution < 1.29 is 32.7 Å². The molecule has 0 radical (unpaired) electrons. The molecule has 0 fully saturated rings. The van der Waals surface area contributed by atoms with Crippen LogP contribution in [0.15, 0.2) is 26.9 Å². The number of hydrogen-bond donors (Lipinski definition) is 3. The molecular formula is C11H6BrClO7S2. The van der Waals surface area contributed by atoms with E-state index in [9.17, 15) is 23.4 Å². The Morgan fingerprint density at radius 3 is 2.41 bits per heavy atom. The number of aromatic hydroxyl groups is 2. The Hall–Kier alpha value is -1.49. The molecule has 2 aromatic rings. The van der Waals surface area contributed by atoms with E-state index in [-0.39, 0.29) is 8.55 Å². The van der Waals surface area contributed by atoms with Gasteiger partial charge in [0.2, 0.25) is 5.75 Å². The lowest BCUT2D eigenvalue weighted by atomic mass is 10.2. The summed E-state index contributed by atoms with van der Waals surface area (Å²) in [4.78, 5) is 10.9. The Morgan fingerprint density at radius 1 is 1.27 bits per heavy atom. The average molecular weight is 430 g/mol. The van der Waals surface area contributed by atoms with Gasteiger partial charge in [-0.3, -0.25) is 0 Å². The highest BCUT2D eigenvalue weighted by atomic mass is 79.9. The normalized spacial score (nSPS) is 11.4. The summed E-state index contributed by atoms with van der Waals surface area (Å²) in [5.41, 5.74) is -0.453. The number of rotatable bonds is 4. The van der Waals surface area contributed by atoms with Gasteiger partial charge in [0, 0.05) is 10.5 Å². The molecule has 0 spiro atoms. The molecule has 1 aromatic carbocycles. The third-order valence-corrected chi connectivity index (χ3v) is 6.51. The molecule has 7 nitrogen and oxygen atoms in total. The van der Waals surface area contributed by atoms with Gasteiger partial charge in [0.15, 0.2) is 15.7 Å². The molecule has 2 rings (SSSR count). The molecule has 0 bridgehead atoms. The van der Waals surface area contributed by atoms with Crippen LogP contribution in [-0.2, 0) is 10.1 Å². The molecule has 22 heavy (non-hydrogen) atoms. The minimum Gasteiger partial charge on any atom is -0.504 e. The van der Waals surface area contributed by atoms with E-state index in [0.29, 0.717) is 15.8 Å². The number of halogens is 2. The van der Waals surface area contributed by atoms with Crippen LogP contribution in [0.5, 0.6) is 17.2 Å². The van der Waals surface area contributed by atoms with Crippen molar-refractivity contribution in [2.45, 2.75) is 4.21 Å². The van der Waals surface area contributed by atoms with Crippen LogP contribution < -0.4 is 4.18 Å².